The summed E-state index contributed by atoms with van der Waals surface area (Å²) in [6, 6.07) is 9.85. The summed E-state index contributed by atoms with van der Waals surface area (Å²) in [6.45, 7) is 2.27. The average molecular weight is 270 g/mol. The summed E-state index contributed by atoms with van der Waals surface area (Å²) >= 11 is 0. The molecular weight excluding hydrogens is 256 g/mol. The Morgan fingerprint density at radius 2 is 2.00 bits per heavy atom. The fourth-order valence-electron chi connectivity index (χ4n) is 1.88. The zero-order valence-electron chi connectivity index (χ0n) is 11.3. The Bertz CT molecular complexity index is 720. The number of hydrogen-bond acceptors (Lipinski definition) is 5. The maximum absolute atomic E-state index is 5.56. The van der Waals surface area contributed by atoms with Gasteiger partial charge < -0.3 is 13.9 Å². The van der Waals surface area contributed by atoms with Crippen LogP contribution in [0.3, 0.4) is 0 Å². The van der Waals surface area contributed by atoms with Gasteiger partial charge in [0.2, 0.25) is 5.71 Å². The van der Waals surface area contributed by atoms with E-state index < -0.39 is 0 Å². The molecule has 0 amide bonds. The first-order valence-corrected chi connectivity index (χ1v) is 6.23. The van der Waals surface area contributed by atoms with Crippen LogP contribution in [0.2, 0.25) is 0 Å². The highest BCUT2D eigenvalue weighted by Crippen LogP contribution is 2.18. The number of benzene rings is 1. The molecule has 102 valence electrons. The number of aryl methyl sites for hydroxylation is 1. The van der Waals surface area contributed by atoms with Crippen molar-refractivity contribution in [2.24, 2.45) is 0 Å². The van der Waals surface area contributed by atoms with Crippen LogP contribution in [-0.2, 0) is 6.61 Å². The van der Waals surface area contributed by atoms with Gasteiger partial charge in [-0.3, -0.25) is 0 Å². The van der Waals surface area contributed by atoms with Gasteiger partial charge in [0.25, 0.3) is 0 Å². The van der Waals surface area contributed by atoms with E-state index >= 15 is 0 Å². The second-order valence-electron chi connectivity index (χ2n) is 4.41. The predicted molar refractivity (Wildman–Crippen MR) is 73.9 cm³/mol. The Morgan fingerprint density at radius 3 is 2.75 bits per heavy atom. The fourth-order valence-corrected chi connectivity index (χ4v) is 1.88. The molecule has 5 heteroatoms. The highest BCUT2D eigenvalue weighted by molar-refractivity contribution is 5.72. The molecule has 2 aromatic heterocycles. The van der Waals surface area contributed by atoms with Crippen LogP contribution in [-0.4, -0.2) is 17.1 Å². The first-order valence-electron chi connectivity index (χ1n) is 6.23. The number of furan rings is 1. The summed E-state index contributed by atoms with van der Waals surface area (Å²) in [6.07, 6.45) is 1.70. The molecule has 20 heavy (non-hydrogen) atoms. The SMILES string of the molecule is COc1ccc(COc2ncc3cc(C)oc3n2)cc1. The molecule has 5 nitrogen and oxygen atoms in total. The Hall–Kier alpha value is -2.56. The maximum Gasteiger partial charge on any atom is 0.320 e. The van der Waals surface area contributed by atoms with E-state index in [-0.39, 0.29) is 0 Å². The van der Waals surface area contributed by atoms with Gasteiger partial charge in [-0.25, -0.2) is 4.98 Å². The molecule has 2 heterocycles. The van der Waals surface area contributed by atoms with Crippen LogP contribution in [0.5, 0.6) is 11.8 Å². The molecule has 0 aliphatic rings. The topological polar surface area (TPSA) is 57.4 Å². The molecule has 0 radical (unpaired) electrons. The van der Waals surface area contributed by atoms with Gasteiger partial charge >= 0.3 is 6.01 Å². The molecule has 0 unspecified atom stereocenters. The van der Waals surface area contributed by atoms with Crippen molar-refractivity contribution in [2.75, 3.05) is 7.11 Å². The molecule has 0 atom stereocenters. The van der Waals surface area contributed by atoms with Crippen molar-refractivity contribution in [1.82, 2.24) is 9.97 Å². The Labute approximate surface area is 116 Å². The smallest absolute Gasteiger partial charge is 0.320 e. The highest BCUT2D eigenvalue weighted by atomic mass is 16.5. The third-order valence-corrected chi connectivity index (χ3v) is 2.90. The van der Waals surface area contributed by atoms with Crippen LogP contribution in [0.4, 0.5) is 0 Å². The van der Waals surface area contributed by atoms with Crippen molar-refractivity contribution in [3.63, 3.8) is 0 Å². The molecule has 0 aliphatic carbocycles. The lowest BCUT2D eigenvalue weighted by Gasteiger charge is -2.05. The molecule has 3 rings (SSSR count). The van der Waals surface area contributed by atoms with Crippen LogP contribution in [0.1, 0.15) is 11.3 Å². The minimum atomic E-state index is 0.308. The lowest BCUT2D eigenvalue weighted by molar-refractivity contribution is 0.280. The Morgan fingerprint density at radius 1 is 1.20 bits per heavy atom. The lowest BCUT2D eigenvalue weighted by atomic mass is 10.2. The van der Waals surface area contributed by atoms with Crippen molar-refractivity contribution >= 4 is 11.1 Å². The summed E-state index contributed by atoms with van der Waals surface area (Å²) in [5, 5.41) is 0.874. The normalized spacial score (nSPS) is 10.7. The first-order chi connectivity index (χ1) is 9.74. The van der Waals surface area contributed by atoms with Crippen LogP contribution >= 0.6 is 0 Å². The van der Waals surface area contributed by atoms with Crippen LogP contribution in [0, 0.1) is 6.92 Å². The number of nitrogens with zero attached hydrogens (tertiary/aromatic N) is 2. The van der Waals surface area contributed by atoms with Gasteiger partial charge in [0.05, 0.1) is 12.5 Å². The number of fused-ring (bicyclic) bond motifs is 1. The summed E-state index contributed by atoms with van der Waals surface area (Å²) in [5.41, 5.74) is 1.56. The monoisotopic (exact) mass is 270 g/mol. The molecule has 3 aromatic rings. The standard InChI is InChI=1S/C15H14N2O3/c1-10-7-12-8-16-15(17-14(12)20-10)19-9-11-3-5-13(18-2)6-4-11/h3-8H,9H2,1-2H3. The van der Waals surface area contributed by atoms with E-state index in [1.807, 2.05) is 37.3 Å². The number of methoxy groups -OCH3 is 1. The first kappa shape index (κ1) is 12.5. The largest absolute Gasteiger partial charge is 0.497 e. The Kier molecular flexibility index (Phi) is 3.25. The van der Waals surface area contributed by atoms with Crippen molar-refractivity contribution in [3.8, 4) is 11.8 Å². The molecule has 0 fully saturated rings. The van der Waals surface area contributed by atoms with Crippen molar-refractivity contribution < 1.29 is 13.9 Å². The zero-order valence-corrected chi connectivity index (χ0v) is 11.3. The van der Waals surface area contributed by atoms with Gasteiger partial charge in [-0.15, -0.1) is 0 Å². The summed E-state index contributed by atoms with van der Waals surface area (Å²) < 4.78 is 16.1. The van der Waals surface area contributed by atoms with Gasteiger partial charge in [-0.05, 0) is 30.7 Å². The fraction of sp³-hybridized carbons (Fsp3) is 0.200. The maximum atomic E-state index is 5.56. The lowest BCUT2D eigenvalue weighted by Crippen LogP contribution is -1.99. The van der Waals surface area contributed by atoms with Crippen LogP contribution in [0.25, 0.3) is 11.1 Å². The second-order valence-corrected chi connectivity index (χ2v) is 4.41. The average Bonchev–Trinajstić information content (AvgIpc) is 2.85. The minimum absolute atomic E-state index is 0.308. The Balaban J connectivity index is 1.72. The summed E-state index contributed by atoms with van der Waals surface area (Å²) in [7, 11) is 1.64. The van der Waals surface area contributed by atoms with E-state index in [1.54, 1.807) is 13.3 Å². The number of aromatic nitrogens is 2. The second kappa shape index (κ2) is 5.21. The van der Waals surface area contributed by atoms with Gasteiger partial charge in [-0.2, -0.15) is 4.98 Å². The number of hydrogen-bond donors (Lipinski definition) is 0. The molecule has 0 spiro atoms. The molecule has 0 saturated heterocycles. The van der Waals surface area contributed by atoms with E-state index in [9.17, 15) is 0 Å². The van der Waals surface area contributed by atoms with E-state index in [1.165, 1.54) is 0 Å². The molecule has 0 saturated carbocycles. The predicted octanol–water partition coefficient (Wildman–Crippen LogP) is 3.12. The summed E-state index contributed by atoms with van der Waals surface area (Å²) in [4.78, 5) is 8.37. The van der Waals surface area contributed by atoms with Crippen LogP contribution < -0.4 is 9.47 Å². The summed E-state index contributed by atoms with van der Waals surface area (Å²) in [5.74, 6) is 1.62. The van der Waals surface area contributed by atoms with Gasteiger partial charge in [0.15, 0.2) is 0 Å². The van der Waals surface area contributed by atoms with Crippen LogP contribution in [0.15, 0.2) is 40.9 Å². The zero-order chi connectivity index (χ0) is 13.9. The van der Waals surface area contributed by atoms with E-state index in [2.05, 4.69) is 9.97 Å². The van der Waals surface area contributed by atoms with Gasteiger partial charge in [0.1, 0.15) is 18.1 Å². The molecule has 1 aromatic carbocycles. The third kappa shape index (κ3) is 2.56. The molecule has 0 bridgehead atoms. The third-order valence-electron chi connectivity index (χ3n) is 2.90. The molecule has 0 N–H and O–H groups in total. The van der Waals surface area contributed by atoms with Crippen molar-refractivity contribution in [1.29, 1.82) is 0 Å². The van der Waals surface area contributed by atoms with E-state index in [0.29, 0.717) is 18.3 Å². The van der Waals surface area contributed by atoms with E-state index in [4.69, 9.17) is 13.9 Å². The number of ether oxygens (including phenoxy) is 2. The minimum Gasteiger partial charge on any atom is -0.497 e. The van der Waals surface area contributed by atoms with Gasteiger partial charge in [-0.1, -0.05) is 12.1 Å². The number of rotatable bonds is 4. The van der Waals surface area contributed by atoms with Gasteiger partial charge in [0, 0.05) is 6.20 Å². The van der Waals surface area contributed by atoms with E-state index in [0.717, 1.165) is 22.5 Å². The molecular formula is C15H14N2O3. The quantitative estimate of drug-likeness (QED) is 0.729. The molecule has 0 aliphatic heterocycles. The van der Waals surface area contributed by atoms with Crippen molar-refractivity contribution in [2.45, 2.75) is 13.5 Å². The van der Waals surface area contributed by atoms with Crippen molar-refractivity contribution in [3.05, 3.63) is 47.9 Å². The highest BCUT2D eigenvalue weighted by Gasteiger charge is 2.06.